The molecule has 0 aliphatic carbocycles. The highest BCUT2D eigenvalue weighted by molar-refractivity contribution is 7.86. The van der Waals surface area contributed by atoms with Crippen molar-refractivity contribution in [2.24, 2.45) is 5.92 Å². The van der Waals surface area contributed by atoms with Crippen molar-refractivity contribution in [3.8, 4) is 0 Å². The summed E-state index contributed by atoms with van der Waals surface area (Å²) < 4.78 is 28.6. The first-order valence-corrected chi connectivity index (χ1v) is 9.00. The standard InChI is InChI=1S/C13H27N3O2S/c1-2-15(12-13-6-8-14-9-7-13)19(17,18)16-10-4-3-5-11-16/h13-14H,2-12H2,1H3. The largest absolute Gasteiger partial charge is 0.317 e. The maximum absolute atomic E-state index is 12.6. The van der Waals surface area contributed by atoms with Gasteiger partial charge in [0.15, 0.2) is 0 Å². The minimum absolute atomic E-state index is 0.515. The van der Waals surface area contributed by atoms with Crippen LogP contribution in [0.3, 0.4) is 0 Å². The van der Waals surface area contributed by atoms with Gasteiger partial charge in [0.2, 0.25) is 0 Å². The van der Waals surface area contributed by atoms with Crippen LogP contribution in [0.25, 0.3) is 0 Å². The van der Waals surface area contributed by atoms with Gasteiger partial charge in [0.05, 0.1) is 0 Å². The Morgan fingerprint density at radius 1 is 1.16 bits per heavy atom. The lowest BCUT2D eigenvalue weighted by atomic mass is 9.98. The van der Waals surface area contributed by atoms with E-state index in [1.165, 1.54) is 0 Å². The van der Waals surface area contributed by atoms with Gasteiger partial charge in [0.25, 0.3) is 10.2 Å². The van der Waals surface area contributed by atoms with Crippen molar-refractivity contribution >= 4 is 10.2 Å². The summed E-state index contributed by atoms with van der Waals surface area (Å²) in [5.41, 5.74) is 0. The van der Waals surface area contributed by atoms with Gasteiger partial charge in [-0.25, -0.2) is 0 Å². The molecule has 0 aromatic rings. The van der Waals surface area contributed by atoms with Crippen molar-refractivity contribution < 1.29 is 8.42 Å². The van der Waals surface area contributed by atoms with Gasteiger partial charge in [-0.2, -0.15) is 17.0 Å². The SMILES string of the molecule is CCN(CC1CCNCC1)S(=O)(=O)N1CCCCC1. The van der Waals surface area contributed by atoms with E-state index in [1.54, 1.807) is 8.61 Å². The lowest BCUT2D eigenvalue weighted by molar-refractivity contribution is 0.263. The van der Waals surface area contributed by atoms with Crippen molar-refractivity contribution in [1.29, 1.82) is 0 Å². The van der Waals surface area contributed by atoms with E-state index in [2.05, 4.69) is 5.32 Å². The molecule has 0 spiro atoms. The van der Waals surface area contributed by atoms with E-state index in [9.17, 15) is 8.42 Å². The average Bonchev–Trinajstić information content (AvgIpc) is 2.46. The normalized spacial score (nSPS) is 23.9. The van der Waals surface area contributed by atoms with Crippen LogP contribution in [-0.2, 0) is 10.2 Å². The molecule has 0 atom stereocenters. The fourth-order valence-electron chi connectivity index (χ4n) is 3.00. The molecule has 5 nitrogen and oxygen atoms in total. The van der Waals surface area contributed by atoms with E-state index in [0.29, 0.717) is 32.1 Å². The van der Waals surface area contributed by atoms with E-state index < -0.39 is 10.2 Å². The van der Waals surface area contributed by atoms with Crippen LogP contribution in [0.5, 0.6) is 0 Å². The Hall–Kier alpha value is -0.170. The molecule has 2 fully saturated rings. The van der Waals surface area contributed by atoms with Crippen LogP contribution in [-0.4, -0.2) is 56.3 Å². The van der Waals surface area contributed by atoms with Gasteiger partial charge in [0, 0.05) is 26.2 Å². The summed E-state index contributed by atoms with van der Waals surface area (Å²) in [7, 11) is -3.23. The second-order valence-electron chi connectivity index (χ2n) is 5.61. The predicted molar refractivity (Wildman–Crippen MR) is 77.2 cm³/mol. The molecule has 0 amide bonds. The van der Waals surface area contributed by atoms with Gasteiger partial charge >= 0.3 is 0 Å². The zero-order valence-electron chi connectivity index (χ0n) is 12.0. The Labute approximate surface area is 117 Å². The highest BCUT2D eigenvalue weighted by Gasteiger charge is 2.31. The van der Waals surface area contributed by atoms with Gasteiger partial charge in [-0.3, -0.25) is 0 Å². The number of rotatable bonds is 5. The molecule has 0 radical (unpaired) electrons. The molecule has 2 rings (SSSR count). The molecule has 2 saturated heterocycles. The Balaban J connectivity index is 1.98. The minimum atomic E-state index is -3.23. The fourth-order valence-corrected chi connectivity index (χ4v) is 4.77. The summed E-state index contributed by atoms with van der Waals surface area (Å²) in [5, 5.41) is 3.33. The van der Waals surface area contributed by atoms with Crippen LogP contribution < -0.4 is 5.32 Å². The summed E-state index contributed by atoms with van der Waals surface area (Å²) in [4.78, 5) is 0. The molecule has 0 bridgehead atoms. The number of nitrogens with zero attached hydrogens (tertiary/aromatic N) is 2. The number of nitrogens with one attached hydrogen (secondary N) is 1. The van der Waals surface area contributed by atoms with Gasteiger partial charge in [-0.05, 0) is 44.7 Å². The zero-order chi connectivity index (χ0) is 13.7. The molecular weight excluding hydrogens is 262 g/mol. The summed E-state index contributed by atoms with van der Waals surface area (Å²) >= 11 is 0. The zero-order valence-corrected chi connectivity index (χ0v) is 12.8. The molecular formula is C13H27N3O2S. The van der Waals surface area contributed by atoms with Crippen molar-refractivity contribution in [3.05, 3.63) is 0 Å². The van der Waals surface area contributed by atoms with Crippen molar-refractivity contribution in [2.75, 3.05) is 39.3 Å². The predicted octanol–water partition coefficient (Wildman–Crippen LogP) is 1.04. The number of hydrogen-bond donors (Lipinski definition) is 1. The first-order chi connectivity index (χ1) is 9.14. The third-order valence-electron chi connectivity index (χ3n) is 4.24. The molecule has 0 saturated carbocycles. The van der Waals surface area contributed by atoms with Crippen LogP contribution in [0.4, 0.5) is 0 Å². The highest BCUT2D eigenvalue weighted by atomic mass is 32.2. The maximum Gasteiger partial charge on any atom is 0.281 e. The monoisotopic (exact) mass is 289 g/mol. The molecule has 112 valence electrons. The smallest absolute Gasteiger partial charge is 0.281 e. The third kappa shape index (κ3) is 3.90. The van der Waals surface area contributed by atoms with E-state index in [-0.39, 0.29) is 0 Å². The Morgan fingerprint density at radius 2 is 1.79 bits per heavy atom. The third-order valence-corrected chi connectivity index (χ3v) is 6.32. The molecule has 0 unspecified atom stereocenters. The van der Waals surface area contributed by atoms with Gasteiger partial charge in [0.1, 0.15) is 0 Å². The minimum Gasteiger partial charge on any atom is -0.317 e. The number of hydrogen-bond acceptors (Lipinski definition) is 3. The Morgan fingerprint density at radius 3 is 2.37 bits per heavy atom. The second kappa shape index (κ2) is 7.02. The van der Waals surface area contributed by atoms with Crippen LogP contribution in [0.1, 0.15) is 39.0 Å². The number of piperidine rings is 2. The molecule has 0 aromatic heterocycles. The van der Waals surface area contributed by atoms with E-state index >= 15 is 0 Å². The van der Waals surface area contributed by atoms with Crippen molar-refractivity contribution in [2.45, 2.75) is 39.0 Å². The van der Waals surface area contributed by atoms with Gasteiger partial charge < -0.3 is 5.32 Å². The summed E-state index contributed by atoms with van der Waals surface area (Å²) in [5.74, 6) is 0.515. The van der Waals surface area contributed by atoms with Crippen LogP contribution in [0, 0.1) is 5.92 Å². The van der Waals surface area contributed by atoms with E-state index in [1.807, 2.05) is 6.92 Å². The van der Waals surface area contributed by atoms with E-state index in [0.717, 1.165) is 45.2 Å². The van der Waals surface area contributed by atoms with Crippen LogP contribution in [0.15, 0.2) is 0 Å². The summed E-state index contributed by atoms with van der Waals surface area (Å²) in [6.07, 6.45) is 5.35. The molecule has 2 heterocycles. The fraction of sp³-hybridized carbons (Fsp3) is 1.00. The first kappa shape index (κ1) is 15.2. The summed E-state index contributed by atoms with van der Waals surface area (Å²) in [6.45, 7) is 6.66. The lowest BCUT2D eigenvalue weighted by Crippen LogP contribution is -2.48. The van der Waals surface area contributed by atoms with E-state index in [4.69, 9.17) is 0 Å². The maximum atomic E-state index is 12.6. The Bertz CT molecular complexity index is 360. The average molecular weight is 289 g/mol. The molecule has 6 heteroatoms. The topological polar surface area (TPSA) is 52.7 Å². The molecule has 0 aromatic carbocycles. The lowest BCUT2D eigenvalue weighted by Gasteiger charge is -2.34. The molecule has 19 heavy (non-hydrogen) atoms. The molecule has 1 N–H and O–H groups in total. The second-order valence-corrected chi connectivity index (χ2v) is 7.54. The van der Waals surface area contributed by atoms with Gasteiger partial charge in [-0.1, -0.05) is 13.3 Å². The summed E-state index contributed by atoms with van der Waals surface area (Å²) in [6, 6.07) is 0. The van der Waals surface area contributed by atoms with Crippen molar-refractivity contribution in [3.63, 3.8) is 0 Å². The van der Waals surface area contributed by atoms with Crippen LogP contribution in [0.2, 0.25) is 0 Å². The quantitative estimate of drug-likeness (QED) is 0.823. The van der Waals surface area contributed by atoms with Crippen molar-refractivity contribution in [1.82, 2.24) is 13.9 Å². The highest BCUT2D eigenvalue weighted by Crippen LogP contribution is 2.20. The van der Waals surface area contributed by atoms with Crippen LogP contribution >= 0.6 is 0 Å². The molecule has 2 aliphatic rings. The van der Waals surface area contributed by atoms with Gasteiger partial charge in [-0.15, -0.1) is 0 Å². The first-order valence-electron chi connectivity index (χ1n) is 7.60. The Kier molecular flexibility index (Phi) is 5.62. The molecule has 2 aliphatic heterocycles.